The Labute approximate surface area is 167 Å². The van der Waals surface area contributed by atoms with Gasteiger partial charge in [0.2, 0.25) is 5.91 Å². The number of ether oxygens (including phenoxy) is 1. The molecule has 0 bridgehead atoms. The van der Waals surface area contributed by atoms with Crippen molar-refractivity contribution in [3.8, 4) is 0 Å². The lowest BCUT2D eigenvalue weighted by Crippen LogP contribution is -2.39. The molecule has 0 aliphatic heterocycles. The highest BCUT2D eigenvalue weighted by atomic mass is 32.2. The zero-order valence-electron chi connectivity index (χ0n) is 16.0. The summed E-state index contributed by atoms with van der Waals surface area (Å²) in [6, 6.07) is 9.86. The molecule has 0 saturated heterocycles. The minimum absolute atomic E-state index is 0.000632. The highest BCUT2D eigenvalue weighted by molar-refractivity contribution is 7.99. The second-order valence-corrected chi connectivity index (χ2v) is 6.92. The summed E-state index contributed by atoms with van der Waals surface area (Å²) >= 11 is 1.20. The van der Waals surface area contributed by atoms with Crippen LogP contribution >= 0.6 is 11.8 Å². The molecule has 1 aromatic heterocycles. The number of rotatable bonds is 9. The van der Waals surface area contributed by atoms with Crippen LogP contribution in [0.4, 0.5) is 0 Å². The minimum Gasteiger partial charge on any atom is -0.455 e. The van der Waals surface area contributed by atoms with E-state index in [4.69, 9.17) is 4.74 Å². The van der Waals surface area contributed by atoms with E-state index < -0.39 is 18.5 Å². The third-order valence-electron chi connectivity index (χ3n) is 3.85. The van der Waals surface area contributed by atoms with Crippen molar-refractivity contribution in [1.29, 1.82) is 0 Å². The smallest absolute Gasteiger partial charge is 0.316 e. The molecule has 0 radical (unpaired) electrons. The number of aromatic nitrogens is 3. The molecule has 0 saturated carbocycles. The summed E-state index contributed by atoms with van der Waals surface area (Å²) in [6.45, 7) is 1.94. The second-order valence-electron chi connectivity index (χ2n) is 5.97. The normalized spacial score (nSPS) is 10.4. The number of thioether (sulfide) groups is 1. The number of hydrogen-bond acceptors (Lipinski definition) is 7. The molecule has 0 spiro atoms. The van der Waals surface area contributed by atoms with Gasteiger partial charge in [0.25, 0.3) is 5.91 Å². The number of likely N-dealkylation sites (N-methyl/N-ethyl adjacent to an activating group) is 2. The zero-order chi connectivity index (χ0) is 20.5. The van der Waals surface area contributed by atoms with Gasteiger partial charge in [-0.2, -0.15) is 0 Å². The van der Waals surface area contributed by atoms with Crippen LogP contribution < -0.4 is 5.32 Å². The van der Waals surface area contributed by atoms with Crippen molar-refractivity contribution in [3.05, 3.63) is 41.7 Å². The highest BCUT2D eigenvalue weighted by Crippen LogP contribution is 2.18. The lowest BCUT2D eigenvalue weighted by atomic mass is 10.2. The van der Waals surface area contributed by atoms with Gasteiger partial charge in [-0.15, -0.1) is 10.2 Å². The molecule has 0 fully saturated rings. The maximum atomic E-state index is 11.9. The van der Waals surface area contributed by atoms with E-state index in [1.165, 1.54) is 30.8 Å². The van der Waals surface area contributed by atoms with Gasteiger partial charge in [-0.05, 0) is 12.5 Å². The number of nitrogens with zero attached hydrogens (tertiary/aromatic N) is 4. The molecule has 1 N–H and O–H groups in total. The van der Waals surface area contributed by atoms with Crippen molar-refractivity contribution in [2.75, 3.05) is 33.0 Å². The van der Waals surface area contributed by atoms with E-state index in [0.29, 0.717) is 11.7 Å². The standard InChI is InChI=1S/C18H23N5O4S/c1-13-20-21-18(23(13)9-14-7-5-4-6-8-14)28-12-17(26)27-11-16(25)22(3)10-15(24)19-2/h4-8H,9-12H2,1-3H3,(H,19,24). The van der Waals surface area contributed by atoms with E-state index >= 15 is 0 Å². The van der Waals surface area contributed by atoms with Gasteiger partial charge in [-0.1, -0.05) is 42.1 Å². The lowest BCUT2D eigenvalue weighted by molar-refractivity contribution is -0.149. The van der Waals surface area contributed by atoms with E-state index in [0.717, 1.165) is 11.4 Å². The average Bonchev–Trinajstić information content (AvgIpc) is 3.04. The van der Waals surface area contributed by atoms with E-state index in [1.54, 1.807) is 0 Å². The first-order valence-electron chi connectivity index (χ1n) is 8.57. The van der Waals surface area contributed by atoms with E-state index in [1.807, 2.05) is 41.8 Å². The summed E-state index contributed by atoms with van der Waals surface area (Å²) in [6.07, 6.45) is 0. The SMILES string of the molecule is CNC(=O)CN(C)C(=O)COC(=O)CSc1nnc(C)n1Cc1ccccc1. The van der Waals surface area contributed by atoms with Gasteiger partial charge < -0.3 is 19.5 Å². The first-order chi connectivity index (χ1) is 13.4. The zero-order valence-corrected chi connectivity index (χ0v) is 16.9. The van der Waals surface area contributed by atoms with Gasteiger partial charge in [0.05, 0.1) is 18.8 Å². The number of benzene rings is 1. The van der Waals surface area contributed by atoms with Crippen molar-refractivity contribution in [1.82, 2.24) is 25.0 Å². The molecule has 9 nitrogen and oxygen atoms in total. The van der Waals surface area contributed by atoms with Crippen molar-refractivity contribution < 1.29 is 19.1 Å². The van der Waals surface area contributed by atoms with Crippen LogP contribution in [0.1, 0.15) is 11.4 Å². The Morgan fingerprint density at radius 3 is 2.61 bits per heavy atom. The summed E-state index contributed by atoms with van der Waals surface area (Å²) in [4.78, 5) is 36.3. The molecule has 150 valence electrons. The topological polar surface area (TPSA) is 106 Å². The van der Waals surface area contributed by atoms with Crippen LogP contribution in [0, 0.1) is 6.92 Å². The predicted octanol–water partition coefficient (Wildman–Crippen LogP) is 0.475. The quantitative estimate of drug-likeness (QED) is 0.477. The van der Waals surface area contributed by atoms with E-state index in [-0.39, 0.29) is 18.2 Å². The first-order valence-corrected chi connectivity index (χ1v) is 9.56. The molecule has 1 heterocycles. The van der Waals surface area contributed by atoms with Crippen LogP contribution in [-0.4, -0.2) is 70.4 Å². The number of hydrogen-bond donors (Lipinski definition) is 1. The highest BCUT2D eigenvalue weighted by Gasteiger charge is 2.16. The Morgan fingerprint density at radius 2 is 1.93 bits per heavy atom. The molecule has 28 heavy (non-hydrogen) atoms. The fraction of sp³-hybridized carbons (Fsp3) is 0.389. The van der Waals surface area contributed by atoms with Crippen LogP contribution in [0.3, 0.4) is 0 Å². The van der Waals surface area contributed by atoms with Gasteiger partial charge >= 0.3 is 5.97 Å². The molecular weight excluding hydrogens is 382 g/mol. The second kappa shape index (κ2) is 10.5. The maximum Gasteiger partial charge on any atom is 0.316 e. The van der Waals surface area contributed by atoms with E-state index in [9.17, 15) is 14.4 Å². The number of nitrogens with one attached hydrogen (secondary N) is 1. The Bertz CT molecular complexity index is 825. The molecule has 10 heteroatoms. The van der Waals surface area contributed by atoms with Crippen molar-refractivity contribution in [2.24, 2.45) is 0 Å². The summed E-state index contributed by atoms with van der Waals surface area (Å²) in [5.41, 5.74) is 1.10. The number of esters is 1. The summed E-state index contributed by atoms with van der Waals surface area (Å²) in [5, 5.41) is 11.2. The third-order valence-corrected chi connectivity index (χ3v) is 4.79. The Morgan fingerprint density at radius 1 is 1.21 bits per heavy atom. The molecule has 2 amide bonds. The molecule has 0 unspecified atom stereocenters. The van der Waals surface area contributed by atoms with Crippen LogP contribution in [0.25, 0.3) is 0 Å². The summed E-state index contributed by atoms with van der Waals surface area (Å²) in [5.74, 6) is -0.556. The maximum absolute atomic E-state index is 11.9. The Kier molecular flexibility index (Phi) is 8.00. The Hall–Kier alpha value is -2.88. The van der Waals surface area contributed by atoms with Crippen LogP contribution in [0.5, 0.6) is 0 Å². The van der Waals surface area contributed by atoms with Crippen LogP contribution in [-0.2, 0) is 25.7 Å². The monoisotopic (exact) mass is 405 g/mol. The number of carbonyl (C=O) groups excluding carboxylic acids is 3. The van der Waals surface area contributed by atoms with Crippen molar-refractivity contribution in [2.45, 2.75) is 18.6 Å². The molecule has 0 aliphatic rings. The summed E-state index contributed by atoms with van der Waals surface area (Å²) in [7, 11) is 2.95. The molecule has 1 aromatic carbocycles. The first kappa shape index (κ1) is 21.4. The molecule has 0 aliphatic carbocycles. The van der Waals surface area contributed by atoms with Gasteiger partial charge in [0.1, 0.15) is 5.82 Å². The molecular formula is C18H23N5O4S. The van der Waals surface area contributed by atoms with Gasteiger partial charge in [-0.25, -0.2) is 0 Å². The summed E-state index contributed by atoms with van der Waals surface area (Å²) < 4.78 is 6.90. The van der Waals surface area contributed by atoms with Crippen LogP contribution in [0.2, 0.25) is 0 Å². The van der Waals surface area contributed by atoms with Gasteiger partial charge in [0.15, 0.2) is 11.8 Å². The Balaban J connectivity index is 1.83. The molecule has 2 aromatic rings. The predicted molar refractivity (Wildman–Crippen MR) is 104 cm³/mol. The van der Waals surface area contributed by atoms with Crippen molar-refractivity contribution in [3.63, 3.8) is 0 Å². The third kappa shape index (κ3) is 6.38. The van der Waals surface area contributed by atoms with Gasteiger partial charge in [-0.3, -0.25) is 14.4 Å². The average molecular weight is 405 g/mol. The lowest BCUT2D eigenvalue weighted by Gasteiger charge is -2.15. The fourth-order valence-corrected chi connectivity index (χ4v) is 3.00. The number of carbonyl (C=O) groups is 3. The minimum atomic E-state index is -0.543. The van der Waals surface area contributed by atoms with Gasteiger partial charge in [0, 0.05) is 14.1 Å². The largest absolute Gasteiger partial charge is 0.455 e. The van der Waals surface area contributed by atoms with E-state index in [2.05, 4.69) is 15.5 Å². The number of amides is 2. The fourth-order valence-electron chi connectivity index (χ4n) is 2.22. The molecule has 2 rings (SSSR count). The van der Waals surface area contributed by atoms with Crippen molar-refractivity contribution >= 4 is 29.5 Å². The molecule has 0 atom stereocenters. The number of aryl methyl sites for hydroxylation is 1. The van der Waals surface area contributed by atoms with Crippen LogP contribution in [0.15, 0.2) is 35.5 Å².